The highest BCUT2D eigenvalue weighted by Gasteiger charge is 2.13. The van der Waals surface area contributed by atoms with Gasteiger partial charge in [-0.25, -0.2) is 0 Å². The van der Waals surface area contributed by atoms with Crippen LogP contribution in [0.3, 0.4) is 0 Å². The van der Waals surface area contributed by atoms with E-state index >= 15 is 0 Å². The summed E-state index contributed by atoms with van der Waals surface area (Å²) in [6.07, 6.45) is 1.68. The molecular formula is C34H25ClN4O3. The van der Waals surface area contributed by atoms with Gasteiger partial charge in [0.15, 0.2) is 0 Å². The fraction of sp³-hybridized carbons (Fsp3) is 0.0294. The second kappa shape index (κ2) is 11.6. The Kier molecular flexibility index (Phi) is 7.41. The lowest BCUT2D eigenvalue weighted by Crippen LogP contribution is -2.23. The number of pyridine rings is 1. The van der Waals surface area contributed by atoms with Gasteiger partial charge in [-0.1, -0.05) is 48.0 Å². The van der Waals surface area contributed by atoms with Crippen molar-refractivity contribution < 1.29 is 14.3 Å². The third-order valence-electron chi connectivity index (χ3n) is 6.87. The molecule has 206 valence electrons. The lowest BCUT2D eigenvalue weighted by Gasteiger charge is -2.12. The van der Waals surface area contributed by atoms with Crippen molar-refractivity contribution in [2.45, 2.75) is 6.54 Å². The number of amides is 2. The zero-order chi connectivity index (χ0) is 29.1. The SMILES string of the molecule is Nc1ccccc1NC(=O)c1ccc(CNC(=O)c2cccc3cc(Oc4ccnc5cc(Cl)ccc45)ccc23)cc1. The van der Waals surface area contributed by atoms with Crippen LogP contribution in [0.2, 0.25) is 5.02 Å². The summed E-state index contributed by atoms with van der Waals surface area (Å²) in [5.41, 5.74) is 9.62. The molecule has 42 heavy (non-hydrogen) atoms. The van der Waals surface area contributed by atoms with Crippen molar-refractivity contribution in [2.24, 2.45) is 0 Å². The molecule has 0 aliphatic heterocycles. The van der Waals surface area contributed by atoms with E-state index in [2.05, 4.69) is 15.6 Å². The largest absolute Gasteiger partial charge is 0.457 e. The van der Waals surface area contributed by atoms with Gasteiger partial charge in [-0.3, -0.25) is 14.6 Å². The van der Waals surface area contributed by atoms with Gasteiger partial charge in [0.2, 0.25) is 0 Å². The molecule has 0 spiro atoms. The number of hydrogen-bond donors (Lipinski definition) is 3. The highest BCUT2D eigenvalue weighted by molar-refractivity contribution is 6.31. The Hall–Kier alpha value is -5.40. The Morgan fingerprint density at radius 1 is 0.810 bits per heavy atom. The van der Waals surface area contributed by atoms with Gasteiger partial charge in [-0.05, 0) is 89.1 Å². The smallest absolute Gasteiger partial charge is 0.255 e. The van der Waals surface area contributed by atoms with Crippen molar-refractivity contribution >= 4 is 56.5 Å². The molecule has 0 saturated heterocycles. The molecule has 0 fully saturated rings. The molecule has 0 unspecified atom stereocenters. The van der Waals surface area contributed by atoms with Crippen LogP contribution in [0.25, 0.3) is 21.7 Å². The molecule has 0 bridgehead atoms. The number of carbonyl (C=O) groups is 2. The Bertz CT molecular complexity index is 1960. The number of nitrogens with one attached hydrogen (secondary N) is 2. The zero-order valence-corrected chi connectivity index (χ0v) is 23.1. The number of aromatic nitrogens is 1. The van der Waals surface area contributed by atoms with Crippen LogP contribution in [0, 0.1) is 0 Å². The molecule has 2 amide bonds. The predicted molar refractivity (Wildman–Crippen MR) is 167 cm³/mol. The average Bonchev–Trinajstić information content (AvgIpc) is 3.01. The van der Waals surface area contributed by atoms with Crippen molar-refractivity contribution in [3.05, 3.63) is 137 Å². The summed E-state index contributed by atoms with van der Waals surface area (Å²) in [6, 6.07) is 32.6. The molecule has 6 rings (SSSR count). The summed E-state index contributed by atoms with van der Waals surface area (Å²) < 4.78 is 6.19. The third kappa shape index (κ3) is 5.73. The van der Waals surface area contributed by atoms with Gasteiger partial charge in [0.1, 0.15) is 11.5 Å². The Balaban J connectivity index is 1.13. The number of hydrogen-bond acceptors (Lipinski definition) is 5. The maximum atomic E-state index is 13.2. The first-order valence-corrected chi connectivity index (χ1v) is 13.6. The number of anilines is 2. The van der Waals surface area contributed by atoms with E-state index in [-0.39, 0.29) is 11.8 Å². The van der Waals surface area contributed by atoms with Crippen LogP contribution >= 0.6 is 11.6 Å². The van der Waals surface area contributed by atoms with Crippen LogP contribution in [0.5, 0.6) is 11.5 Å². The quantitative estimate of drug-likeness (QED) is 0.171. The maximum absolute atomic E-state index is 13.2. The predicted octanol–water partition coefficient (Wildman–Crippen LogP) is 7.60. The van der Waals surface area contributed by atoms with Crippen molar-refractivity contribution in [3.63, 3.8) is 0 Å². The van der Waals surface area contributed by atoms with Crippen LogP contribution in [0.1, 0.15) is 26.3 Å². The Morgan fingerprint density at radius 3 is 2.45 bits per heavy atom. The fourth-order valence-electron chi connectivity index (χ4n) is 4.69. The van der Waals surface area contributed by atoms with Gasteiger partial charge in [0.25, 0.3) is 11.8 Å². The lowest BCUT2D eigenvalue weighted by atomic mass is 10.0. The standard InChI is InChI=1S/C34H25ClN4O3/c35-24-12-14-28-31(19-24)37-17-16-32(28)42-25-13-15-26-23(18-25)4-3-5-27(26)34(41)38-20-21-8-10-22(11-9-21)33(40)39-30-7-2-1-6-29(30)36/h1-19H,20,36H2,(H,38,41)(H,39,40). The zero-order valence-electron chi connectivity index (χ0n) is 22.3. The van der Waals surface area contributed by atoms with Crippen LogP contribution in [-0.2, 0) is 6.54 Å². The van der Waals surface area contributed by atoms with Crippen molar-refractivity contribution in [2.75, 3.05) is 11.1 Å². The van der Waals surface area contributed by atoms with Gasteiger partial charge in [-0.2, -0.15) is 0 Å². The van der Waals surface area contributed by atoms with E-state index in [1.807, 2.05) is 60.7 Å². The molecule has 5 aromatic carbocycles. The molecule has 1 aromatic heterocycles. The van der Waals surface area contributed by atoms with Crippen LogP contribution in [-0.4, -0.2) is 16.8 Å². The van der Waals surface area contributed by atoms with E-state index < -0.39 is 0 Å². The molecule has 4 N–H and O–H groups in total. The topological polar surface area (TPSA) is 106 Å². The van der Waals surface area contributed by atoms with E-state index in [4.69, 9.17) is 22.1 Å². The molecular weight excluding hydrogens is 548 g/mol. The number of para-hydroxylation sites is 2. The summed E-state index contributed by atoms with van der Waals surface area (Å²) in [6.45, 7) is 0.309. The number of ether oxygens (including phenoxy) is 1. The number of benzene rings is 5. The Labute approximate surface area is 246 Å². The molecule has 6 aromatic rings. The summed E-state index contributed by atoms with van der Waals surface area (Å²) in [4.78, 5) is 30.1. The van der Waals surface area contributed by atoms with E-state index in [1.165, 1.54) is 0 Å². The molecule has 0 saturated carbocycles. The minimum Gasteiger partial charge on any atom is -0.457 e. The molecule has 0 aliphatic carbocycles. The highest BCUT2D eigenvalue weighted by atomic mass is 35.5. The molecule has 1 heterocycles. The second-order valence-corrected chi connectivity index (χ2v) is 10.1. The van der Waals surface area contributed by atoms with Crippen molar-refractivity contribution in [3.8, 4) is 11.5 Å². The number of carbonyl (C=O) groups excluding carboxylic acids is 2. The minimum absolute atomic E-state index is 0.201. The Morgan fingerprint density at radius 2 is 1.62 bits per heavy atom. The van der Waals surface area contributed by atoms with Crippen LogP contribution in [0.15, 0.2) is 115 Å². The number of halogens is 1. The van der Waals surface area contributed by atoms with Gasteiger partial charge < -0.3 is 21.1 Å². The van der Waals surface area contributed by atoms with E-state index in [1.54, 1.807) is 54.7 Å². The summed E-state index contributed by atoms with van der Waals surface area (Å²) in [5, 5.41) is 8.93. The van der Waals surface area contributed by atoms with E-state index in [0.29, 0.717) is 45.6 Å². The normalized spacial score (nSPS) is 10.9. The van der Waals surface area contributed by atoms with Gasteiger partial charge >= 0.3 is 0 Å². The number of nitrogens with zero attached hydrogens (tertiary/aromatic N) is 1. The molecule has 0 radical (unpaired) electrons. The number of nitrogens with two attached hydrogens (primary N) is 1. The highest BCUT2D eigenvalue weighted by Crippen LogP contribution is 2.32. The monoisotopic (exact) mass is 572 g/mol. The van der Waals surface area contributed by atoms with Gasteiger partial charge in [-0.15, -0.1) is 0 Å². The maximum Gasteiger partial charge on any atom is 0.255 e. The summed E-state index contributed by atoms with van der Waals surface area (Å²) in [5.74, 6) is 0.843. The van der Waals surface area contributed by atoms with Crippen LogP contribution in [0.4, 0.5) is 11.4 Å². The van der Waals surface area contributed by atoms with E-state index in [0.717, 1.165) is 27.2 Å². The first kappa shape index (κ1) is 26.8. The summed E-state index contributed by atoms with van der Waals surface area (Å²) >= 11 is 6.11. The molecule has 7 nitrogen and oxygen atoms in total. The first-order chi connectivity index (χ1) is 20.4. The van der Waals surface area contributed by atoms with Crippen molar-refractivity contribution in [1.29, 1.82) is 0 Å². The van der Waals surface area contributed by atoms with Crippen LogP contribution < -0.4 is 21.1 Å². The minimum atomic E-state index is -0.260. The molecule has 0 atom stereocenters. The second-order valence-electron chi connectivity index (χ2n) is 9.68. The average molecular weight is 573 g/mol. The van der Waals surface area contributed by atoms with Gasteiger partial charge in [0, 0.05) is 34.3 Å². The van der Waals surface area contributed by atoms with Gasteiger partial charge in [0.05, 0.1) is 16.9 Å². The number of nitrogen functional groups attached to an aromatic ring is 1. The van der Waals surface area contributed by atoms with Crippen molar-refractivity contribution in [1.82, 2.24) is 10.3 Å². The third-order valence-corrected chi connectivity index (χ3v) is 7.10. The van der Waals surface area contributed by atoms with E-state index in [9.17, 15) is 9.59 Å². The number of rotatable bonds is 7. The lowest BCUT2D eigenvalue weighted by molar-refractivity contribution is 0.0951. The number of fused-ring (bicyclic) bond motifs is 2. The first-order valence-electron chi connectivity index (χ1n) is 13.2. The summed E-state index contributed by atoms with van der Waals surface area (Å²) in [7, 11) is 0. The fourth-order valence-corrected chi connectivity index (χ4v) is 4.86. The molecule has 8 heteroatoms. The molecule has 0 aliphatic rings.